The highest BCUT2D eigenvalue weighted by Gasteiger charge is 2.27. The van der Waals surface area contributed by atoms with Crippen molar-refractivity contribution in [3.8, 4) is 0 Å². The number of carbonyl (C=O) groups is 2. The number of hydrogen-bond donors (Lipinski definition) is 2. The van der Waals surface area contributed by atoms with Crippen LogP contribution >= 0.6 is 11.6 Å². The number of nitrogens with one attached hydrogen (secondary N) is 1. The highest BCUT2D eigenvalue weighted by molar-refractivity contribution is 6.31. The van der Waals surface area contributed by atoms with Gasteiger partial charge in [-0.05, 0) is 56.2 Å². The lowest BCUT2D eigenvalue weighted by atomic mass is 10.0. The molecule has 0 saturated carbocycles. The molecule has 1 aliphatic rings. The zero-order valence-electron chi connectivity index (χ0n) is 19.0. The van der Waals surface area contributed by atoms with Gasteiger partial charge in [-0.25, -0.2) is 19.7 Å². The van der Waals surface area contributed by atoms with Crippen molar-refractivity contribution in [2.75, 3.05) is 23.3 Å². The lowest BCUT2D eigenvalue weighted by molar-refractivity contribution is 0.0696. The number of hydrogen-bond acceptors (Lipinski definition) is 6. The van der Waals surface area contributed by atoms with Crippen LogP contribution in [0.2, 0.25) is 5.02 Å². The van der Waals surface area contributed by atoms with E-state index in [9.17, 15) is 14.7 Å². The first kappa shape index (κ1) is 22.8. The fourth-order valence-electron chi connectivity index (χ4n) is 4.58. The number of anilines is 2. The normalized spacial score (nSPS) is 14.3. The van der Waals surface area contributed by atoms with Gasteiger partial charge in [0.1, 0.15) is 22.7 Å². The predicted molar refractivity (Wildman–Crippen MR) is 133 cm³/mol. The first-order valence-corrected chi connectivity index (χ1v) is 11.6. The Hall–Kier alpha value is -3.98. The molecule has 5 rings (SSSR count). The smallest absolute Gasteiger partial charge is 0.339 e. The summed E-state index contributed by atoms with van der Waals surface area (Å²) in [6.45, 7) is 3.25. The molecule has 1 fully saturated rings. The third-order valence-corrected chi connectivity index (χ3v) is 6.43. The zero-order chi connectivity index (χ0) is 24.5. The second-order valence-corrected chi connectivity index (χ2v) is 8.89. The molecule has 1 aliphatic heterocycles. The van der Waals surface area contributed by atoms with E-state index in [-0.39, 0.29) is 11.6 Å². The van der Waals surface area contributed by atoms with Crippen LogP contribution < -0.4 is 10.2 Å². The molecule has 10 heteroatoms. The van der Waals surface area contributed by atoms with E-state index in [1.807, 2.05) is 24.0 Å². The van der Waals surface area contributed by atoms with Gasteiger partial charge >= 0.3 is 5.97 Å². The number of carbonyl (C=O) groups excluding carboxylic acids is 1. The highest BCUT2D eigenvalue weighted by Crippen LogP contribution is 2.31. The number of aryl methyl sites for hydroxylation is 1. The molecular formula is C25H23ClN6O3. The molecule has 0 radical (unpaired) electrons. The van der Waals surface area contributed by atoms with E-state index >= 15 is 0 Å². The van der Waals surface area contributed by atoms with E-state index in [0.717, 1.165) is 29.8 Å². The van der Waals surface area contributed by atoms with Gasteiger partial charge in [0.05, 0.1) is 11.9 Å². The van der Waals surface area contributed by atoms with Gasteiger partial charge in [-0.1, -0.05) is 17.7 Å². The molecule has 0 spiro atoms. The van der Waals surface area contributed by atoms with Crippen molar-refractivity contribution in [3.05, 3.63) is 76.8 Å². The minimum absolute atomic E-state index is 0.0401. The van der Waals surface area contributed by atoms with Crippen molar-refractivity contribution in [2.45, 2.75) is 25.8 Å². The van der Waals surface area contributed by atoms with Crippen molar-refractivity contribution in [3.63, 3.8) is 0 Å². The van der Waals surface area contributed by atoms with Crippen LogP contribution in [0.3, 0.4) is 0 Å². The van der Waals surface area contributed by atoms with Gasteiger partial charge in [0.15, 0.2) is 5.65 Å². The number of pyridine rings is 2. The Bertz CT molecular complexity index is 1430. The Morgan fingerprint density at radius 3 is 2.66 bits per heavy atom. The van der Waals surface area contributed by atoms with Crippen molar-refractivity contribution in [2.24, 2.45) is 0 Å². The Kier molecular flexibility index (Phi) is 6.08. The summed E-state index contributed by atoms with van der Waals surface area (Å²) in [6, 6.07) is 12.0. The third-order valence-electron chi connectivity index (χ3n) is 6.20. The average Bonchev–Trinajstić information content (AvgIpc) is 3.19. The molecule has 35 heavy (non-hydrogen) atoms. The van der Waals surface area contributed by atoms with Crippen LogP contribution in [0.4, 0.5) is 11.5 Å². The number of amides is 1. The topological polar surface area (TPSA) is 113 Å². The maximum atomic E-state index is 12.5. The van der Waals surface area contributed by atoms with Crippen molar-refractivity contribution < 1.29 is 14.7 Å². The van der Waals surface area contributed by atoms with Gasteiger partial charge in [-0.3, -0.25) is 4.79 Å². The van der Waals surface area contributed by atoms with E-state index in [0.29, 0.717) is 35.2 Å². The van der Waals surface area contributed by atoms with Gasteiger partial charge in [0.2, 0.25) is 0 Å². The summed E-state index contributed by atoms with van der Waals surface area (Å²) in [5.74, 6) is -0.187. The largest absolute Gasteiger partial charge is 0.478 e. The van der Waals surface area contributed by atoms with Gasteiger partial charge < -0.3 is 19.9 Å². The standard InChI is InChI=1S/C25H23ClN6O3/c1-15-29-21-6-3-9-27-23(21)32(15)19-7-10-31(11-8-19)22-20(25(34)35)13-18(14-28-22)30-24(33)16-4-2-5-17(26)12-16/h2-6,9,12-14,19H,7-8,10-11H2,1H3,(H,30,33)(H,34,35). The molecule has 0 atom stereocenters. The minimum Gasteiger partial charge on any atom is -0.478 e. The number of carboxylic acid groups (broad SMARTS) is 1. The summed E-state index contributed by atoms with van der Waals surface area (Å²) < 4.78 is 2.17. The number of piperidine rings is 1. The lowest BCUT2D eigenvalue weighted by Crippen LogP contribution is -2.36. The van der Waals surface area contributed by atoms with Gasteiger partial charge in [0, 0.05) is 35.9 Å². The van der Waals surface area contributed by atoms with Crippen molar-refractivity contribution in [1.29, 1.82) is 0 Å². The number of nitrogens with zero attached hydrogens (tertiary/aromatic N) is 5. The minimum atomic E-state index is -1.10. The SMILES string of the molecule is Cc1nc2cccnc2n1C1CCN(c2ncc(NC(=O)c3cccc(Cl)c3)cc2C(=O)O)CC1. The Balaban J connectivity index is 1.33. The second-order valence-electron chi connectivity index (χ2n) is 8.46. The van der Waals surface area contributed by atoms with Crippen LogP contribution in [-0.4, -0.2) is 49.6 Å². The molecule has 178 valence electrons. The molecule has 1 saturated heterocycles. The zero-order valence-corrected chi connectivity index (χ0v) is 19.7. The third kappa shape index (κ3) is 4.54. The van der Waals surface area contributed by atoms with Gasteiger partial charge in [0.25, 0.3) is 5.91 Å². The summed E-state index contributed by atoms with van der Waals surface area (Å²) in [4.78, 5) is 40.1. The number of benzene rings is 1. The maximum Gasteiger partial charge on any atom is 0.339 e. The number of halogens is 1. The Morgan fingerprint density at radius 2 is 1.91 bits per heavy atom. The Morgan fingerprint density at radius 1 is 1.11 bits per heavy atom. The van der Waals surface area contributed by atoms with Crippen LogP contribution in [0.15, 0.2) is 54.9 Å². The molecule has 0 aliphatic carbocycles. The van der Waals surface area contributed by atoms with E-state index in [1.165, 1.54) is 12.3 Å². The summed E-state index contributed by atoms with van der Waals surface area (Å²) in [5.41, 5.74) is 2.46. The van der Waals surface area contributed by atoms with E-state index in [1.54, 1.807) is 30.5 Å². The van der Waals surface area contributed by atoms with Crippen LogP contribution in [0.5, 0.6) is 0 Å². The predicted octanol–water partition coefficient (Wildman–Crippen LogP) is 4.58. The van der Waals surface area contributed by atoms with Crippen LogP contribution in [0.1, 0.15) is 45.4 Å². The van der Waals surface area contributed by atoms with Crippen molar-refractivity contribution >= 4 is 46.1 Å². The molecule has 4 aromatic rings. The molecular weight excluding hydrogens is 468 g/mol. The molecule has 0 bridgehead atoms. The molecule has 3 aromatic heterocycles. The average molecular weight is 491 g/mol. The first-order valence-electron chi connectivity index (χ1n) is 11.3. The number of carboxylic acids is 1. The number of imidazole rings is 1. The molecule has 2 N–H and O–H groups in total. The van der Waals surface area contributed by atoms with Crippen LogP contribution in [0, 0.1) is 6.92 Å². The van der Waals surface area contributed by atoms with E-state index in [4.69, 9.17) is 11.6 Å². The molecule has 0 unspecified atom stereocenters. The van der Waals surface area contributed by atoms with E-state index in [2.05, 4.69) is 24.8 Å². The summed E-state index contributed by atoms with van der Waals surface area (Å²) >= 11 is 5.96. The summed E-state index contributed by atoms with van der Waals surface area (Å²) in [7, 11) is 0. The van der Waals surface area contributed by atoms with Crippen LogP contribution in [-0.2, 0) is 0 Å². The quantitative estimate of drug-likeness (QED) is 0.421. The second kappa shape index (κ2) is 9.34. The summed E-state index contributed by atoms with van der Waals surface area (Å²) in [5, 5.41) is 13.0. The fraction of sp³-hybridized carbons (Fsp3) is 0.240. The monoisotopic (exact) mass is 490 g/mol. The maximum absolute atomic E-state index is 12.5. The number of aromatic carboxylic acids is 1. The number of fused-ring (bicyclic) bond motifs is 1. The fourth-order valence-corrected chi connectivity index (χ4v) is 4.77. The molecule has 4 heterocycles. The van der Waals surface area contributed by atoms with E-state index < -0.39 is 11.9 Å². The van der Waals surface area contributed by atoms with Gasteiger partial charge in [-0.15, -0.1) is 0 Å². The summed E-state index contributed by atoms with van der Waals surface area (Å²) in [6.07, 6.45) is 4.85. The number of rotatable bonds is 5. The number of aromatic nitrogens is 4. The molecule has 9 nitrogen and oxygen atoms in total. The lowest BCUT2D eigenvalue weighted by Gasteiger charge is -2.34. The molecule has 1 amide bonds. The first-order chi connectivity index (χ1) is 16.9. The highest BCUT2D eigenvalue weighted by atomic mass is 35.5. The molecule has 1 aromatic carbocycles. The van der Waals surface area contributed by atoms with Gasteiger partial charge in [-0.2, -0.15) is 0 Å². The van der Waals surface area contributed by atoms with Crippen molar-refractivity contribution in [1.82, 2.24) is 19.5 Å². The Labute approximate surface area is 206 Å². The van der Waals surface area contributed by atoms with Crippen LogP contribution in [0.25, 0.3) is 11.2 Å².